The normalized spacial score (nSPS) is 13.2. The van der Waals surface area contributed by atoms with Gasteiger partial charge in [0.25, 0.3) is 0 Å². The van der Waals surface area contributed by atoms with E-state index in [1.165, 1.54) is 0 Å². The summed E-state index contributed by atoms with van der Waals surface area (Å²) in [6, 6.07) is 10.0. The molecule has 0 spiro atoms. The summed E-state index contributed by atoms with van der Waals surface area (Å²) in [4.78, 5) is 10.9. The molecule has 0 fully saturated rings. The molecular formula is C16H24O3. The van der Waals surface area contributed by atoms with Gasteiger partial charge < -0.3 is 9.84 Å². The first-order valence-electron chi connectivity index (χ1n) is 6.73. The third-order valence-corrected chi connectivity index (χ3v) is 3.37. The van der Waals surface area contributed by atoms with E-state index in [9.17, 15) is 4.79 Å². The number of aliphatic carboxylic acids is 1. The van der Waals surface area contributed by atoms with Crippen LogP contribution in [0.5, 0.6) is 0 Å². The zero-order valence-electron chi connectivity index (χ0n) is 12.1. The first kappa shape index (κ1) is 15.7. The molecule has 1 rings (SSSR count). The first-order valence-corrected chi connectivity index (χ1v) is 6.73. The highest BCUT2D eigenvalue weighted by molar-refractivity contribution is 5.67. The third kappa shape index (κ3) is 6.39. The first-order chi connectivity index (χ1) is 8.89. The fourth-order valence-corrected chi connectivity index (χ4v) is 2.04. The molecule has 1 aromatic rings. The van der Waals surface area contributed by atoms with Gasteiger partial charge in [0.05, 0.1) is 6.61 Å². The predicted molar refractivity (Wildman–Crippen MR) is 75.9 cm³/mol. The van der Waals surface area contributed by atoms with Gasteiger partial charge in [0.1, 0.15) is 0 Å². The van der Waals surface area contributed by atoms with Crippen LogP contribution < -0.4 is 0 Å². The molecule has 0 bridgehead atoms. The quantitative estimate of drug-likeness (QED) is 0.763. The maximum Gasteiger partial charge on any atom is 0.303 e. The lowest BCUT2D eigenvalue weighted by Gasteiger charge is -2.29. The molecule has 3 nitrogen and oxygen atoms in total. The Morgan fingerprint density at radius 1 is 1.26 bits per heavy atom. The van der Waals surface area contributed by atoms with Crippen LogP contribution in [0.1, 0.15) is 39.2 Å². The maximum atomic E-state index is 10.9. The summed E-state index contributed by atoms with van der Waals surface area (Å²) >= 11 is 0. The number of carboxylic acid groups (broad SMARTS) is 1. The van der Waals surface area contributed by atoms with Gasteiger partial charge >= 0.3 is 5.97 Å². The van der Waals surface area contributed by atoms with Crippen LogP contribution in [0, 0.1) is 11.3 Å². The number of rotatable bonds is 7. The van der Waals surface area contributed by atoms with Gasteiger partial charge in [0.15, 0.2) is 0 Å². The lowest BCUT2D eigenvalue weighted by atomic mass is 9.77. The van der Waals surface area contributed by atoms with Gasteiger partial charge in [-0.2, -0.15) is 0 Å². The monoisotopic (exact) mass is 264 g/mol. The van der Waals surface area contributed by atoms with E-state index in [0.717, 1.165) is 12.0 Å². The summed E-state index contributed by atoms with van der Waals surface area (Å²) in [5.74, 6) is -0.594. The molecule has 0 aliphatic heterocycles. The zero-order valence-corrected chi connectivity index (χ0v) is 12.1. The molecule has 0 aliphatic carbocycles. The Balaban J connectivity index is 2.34. The third-order valence-electron chi connectivity index (χ3n) is 3.37. The van der Waals surface area contributed by atoms with E-state index in [0.29, 0.717) is 13.2 Å². The van der Waals surface area contributed by atoms with Crippen molar-refractivity contribution in [3.8, 4) is 0 Å². The Morgan fingerprint density at radius 3 is 2.42 bits per heavy atom. The van der Waals surface area contributed by atoms with E-state index in [1.54, 1.807) is 0 Å². The average molecular weight is 264 g/mol. The molecule has 106 valence electrons. The molecule has 3 heteroatoms. The van der Waals surface area contributed by atoms with E-state index in [2.05, 4.69) is 20.8 Å². The molecule has 0 radical (unpaired) electrons. The molecule has 0 unspecified atom stereocenters. The molecule has 19 heavy (non-hydrogen) atoms. The van der Waals surface area contributed by atoms with Crippen molar-refractivity contribution in [2.75, 3.05) is 6.61 Å². The van der Waals surface area contributed by atoms with Crippen molar-refractivity contribution >= 4 is 5.97 Å². The van der Waals surface area contributed by atoms with E-state index >= 15 is 0 Å². The summed E-state index contributed by atoms with van der Waals surface area (Å²) < 4.78 is 5.63. The molecule has 1 N–H and O–H groups in total. The second-order valence-corrected chi connectivity index (χ2v) is 5.99. The maximum absolute atomic E-state index is 10.9. The summed E-state index contributed by atoms with van der Waals surface area (Å²) in [6.45, 7) is 7.43. The number of benzene rings is 1. The van der Waals surface area contributed by atoms with Crippen molar-refractivity contribution in [2.45, 2.75) is 40.2 Å². The van der Waals surface area contributed by atoms with Gasteiger partial charge in [-0.15, -0.1) is 0 Å². The summed E-state index contributed by atoms with van der Waals surface area (Å²) in [7, 11) is 0. The van der Waals surface area contributed by atoms with E-state index in [-0.39, 0.29) is 17.8 Å². The Morgan fingerprint density at radius 2 is 1.89 bits per heavy atom. The minimum Gasteiger partial charge on any atom is -0.481 e. The van der Waals surface area contributed by atoms with Crippen molar-refractivity contribution in [3.63, 3.8) is 0 Å². The number of hydrogen-bond acceptors (Lipinski definition) is 2. The molecule has 0 saturated heterocycles. The van der Waals surface area contributed by atoms with Crippen LogP contribution in [-0.2, 0) is 16.1 Å². The van der Waals surface area contributed by atoms with Crippen LogP contribution in [-0.4, -0.2) is 17.7 Å². The van der Waals surface area contributed by atoms with Crippen LogP contribution in [0.3, 0.4) is 0 Å². The van der Waals surface area contributed by atoms with Crippen LogP contribution in [0.25, 0.3) is 0 Å². The van der Waals surface area contributed by atoms with Gasteiger partial charge in [-0.3, -0.25) is 4.79 Å². The Kier molecular flexibility index (Phi) is 6.03. The van der Waals surface area contributed by atoms with E-state index in [4.69, 9.17) is 9.84 Å². The fraction of sp³-hybridized carbons (Fsp3) is 0.562. The zero-order chi connectivity index (χ0) is 14.3. The Bertz CT molecular complexity index is 379. The number of ether oxygens (including phenoxy) is 1. The van der Waals surface area contributed by atoms with Crippen LogP contribution >= 0.6 is 0 Å². The summed E-state index contributed by atoms with van der Waals surface area (Å²) in [5, 5.41) is 8.94. The van der Waals surface area contributed by atoms with E-state index < -0.39 is 5.97 Å². The topological polar surface area (TPSA) is 46.5 Å². The summed E-state index contributed by atoms with van der Waals surface area (Å²) in [6.07, 6.45) is 0.987. The molecule has 1 atom stereocenters. The highest BCUT2D eigenvalue weighted by atomic mass is 16.5. The fourth-order valence-electron chi connectivity index (χ4n) is 2.04. The van der Waals surface area contributed by atoms with Crippen molar-refractivity contribution < 1.29 is 14.6 Å². The molecule has 1 aromatic carbocycles. The number of carbonyl (C=O) groups is 1. The standard InChI is InChI=1S/C16H24O3/c1-16(2,3)14(11-15(17)18)9-10-19-12-13-7-5-4-6-8-13/h4-8,14H,9-12H2,1-3H3,(H,17,18)/t14-/m1/s1. The highest BCUT2D eigenvalue weighted by Gasteiger charge is 2.26. The highest BCUT2D eigenvalue weighted by Crippen LogP contribution is 2.31. The lowest BCUT2D eigenvalue weighted by molar-refractivity contribution is -0.139. The Labute approximate surface area is 115 Å². The molecule has 0 heterocycles. The van der Waals surface area contributed by atoms with Crippen molar-refractivity contribution in [1.29, 1.82) is 0 Å². The smallest absolute Gasteiger partial charge is 0.303 e. The van der Waals surface area contributed by atoms with Crippen molar-refractivity contribution in [3.05, 3.63) is 35.9 Å². The predicted octanol–water partition coefficient (Wildman–Crippen LogP) is 3.73. The van der Waals surface area contributed by atoms with Crippen LogP contribution in [0.2, 0.25) is 0 Å². The largest absolute Gasteiger partial charge is 0.481 e. The second kappa shape index (κ2) is 7.29. The van der Waals surface area contributed by atoms with Gasteiger partial charge in [-0.05, 0) is 23.3 Å². The van der Waals surface area contributed by atoms with Crippen molar-refractivity contribution in [2.24, 2.45) is 11.3 Å². The van der Waals surface area contributed by atoms with Gasteiger partial charge in [0.2, 0.25) is 0 Å². The van der Waals surface area contributed by atoms with Crippen molar-refractivity contribution in [1.82, 2.24) is 0 Å². The Hall–Kier alpha value is -1.35. The van der Waals surface area contributed by atoms with Gasteiger partial charge in [-0.25, -0.2) is 0 Å². The van der Waals surface area contributed by atoms with Crippen LogP contribution in [0.4, 0.5) is 0 Å². The molecule has 0 amide bonds. The molecule has 0 saturated carbocycles. The SMILES string of the molecule is CC(C)(C)[C@H](CCOCc1ccccc1)CC(=O)O. The minimum atomic E-state index is -0.733. The lowest BCUT2D eigenvalue weighted by Crippen LogP contribution is -2.24. The van der Waals surface area contributed by atoms with Gasteiger partial charge in [0, 0.05) is 13.0 Å². The minimum absolute atomic E-state index is 0.00546. The van der Waals surface area contributed by atoms with Crippen LogP contribution in [0.15, 0.2) is 30.3 Å². The average Bonchev–Trinajstić information content (AvgIpc) is 2.32. The molecule has 0 aromatic heterocycles. The van der Waals surface area contributed by atoms with Gasteiger partial charge in [-0.1, -0.05) is 51.1 Å². The number of hydrogen-bond donors (Lipinski definition) is 1. The second-order valence-electron chi connectivity index (χ2n) is 5.99. The molecular weight excluding hydrogens is 240 g/mol. The van der Waals surface area contributed by atoms with E-state index in [1.807, 2.05) is 30.3 Å². The molecule has 0 aliphatic rings. The summed E-state index contributed by atoms with van der Waals surface area (Å²) in [5.41, 5.74) is 1.14. The number of carboxylic acids is 1.